The fraction of sp³-hybridized carbons (Fsp3) is 0.381. The van der Waals surface area contributed by atoms with E-state index in [9.17, 15) is 14.9 Å². The molecule has 0 radical (unpaired) electrons. The summed E-state index contributed by atoms with van der Waals surface area (Å²) in [5, 5.41) is 11.7. The first-order chi connectivity index (χ1) is 14.0. The summed E-state index contributed by atoms with van der Waals surface area (Å²) in [6.07, 6.45) is 2.00. The van der Waals surface area contributed by atoms with Gasteiger partial charge in [-0.1, -0.05) is 29.8 Å². The average Bonchev–Trinajstić information content (AvgIpc) is 2.74. The number of para-hydroxylation sites is 1. The molecular weight excluding hydrogens is 392 g/mol. The number of nitrogens with zero attached hydrogens (tertiary/aromatic N) is 4. The van der Waals surface area contributed by atoms with Gasteiger partial charge in [-0.05, 0) is 36.6 Å². The molecule has 7 nitrogen and oxygen atoms in total. The molecule has 0 saturated carbocycles. The fourth-order valence-corrected chi connectivity index (χ4v) is 4.29. The van der Waals surface area contributed by atoms with E-state index in [1.165, 1.54) is 11.6 Å². The highest BCUT2D eigenvalue weighted by Crippen LogP contribution is 2.32. The molecule has 0 bridgehead atoms. The van der Waals surface area contributed by atoms with E-state index in [0.717, 1.165) is 25.1 Å². The number of rotatable bonds is 4. The summed E-state index contributed by atoms with van der Waals surface area (Å²) in [6, 6.07) is 12.9. The summed E-state index contributed by atoms with van der Waals surface area (Å²) in [7, 11) is 0. The number of hydrogen-bond acceptors (Lipinski definition) is 5. The third-order valence-corrected chi connectivity index (χ3v) is 5.85. The van der Waals surface area contributed by atoms with E-state index in [1.54, 1.807) is 12.1 Å². The molecule has 2 aromatic rings. The first-order valence-electron chi connectivity index (χ1n) is 9.82. The molecule has 2 aliphatic rings. The second-order valence-electron chi connectivity index (χ2n) is 7.43. The molecule has 1 fully saturated rings. The minimum Gasteiger partial charge on any atom is -0.363 e. The number of hydrogen-bond donors (Lipinski definition) is 0. The summed E-state index contributed by atoms with van der Waals surface area (Å²) in [6.45, 7) is 3.75. The van der Waals surface area contributed by atoms with Gasteiger partial charge >= 0.3 is 0 Å². The van der Waals surface area contributed by atoms with E-state index in [4.69, 9.17) is 11.6 Å². The normalized spacial score (nSPS) is 17.1. The number of aryl methyl sites for hydroxylation is 1. The van der Waals surface area contributed by atoms with Crippen molar-refractivity contribution in [3.63, 3.8) is 0 Å². The number of carbonyl (C=O) groups excluding carboxylic acids is 1. The Balaban J connectivity index is 1.39. The van der Waals surface area contributed by atoms with Gasteiger partial charge in [-0.25, -0.2) is 0 Å². The first-order valence-corrected chi connectivity index (χ1v) is 10.2. The van der Waals surface area contributed by atoms with Crippen molar-refractivity contribution >= 4 is 34.6 Å². The predicted molar refractivity (Wildman–Crippen MR) is 114 cm³/mol. The highest BCUT2D eigenvalue weighted by molar-refractivity contribution is 6.30. The van der Waals surface area contributed by atoms with Gasteiger partial charge in [0.05, 0.1) is 11.5 Å². The van der Waals surface area contributed by atoms with Crippen LogP contribution in [0.2, 0.25) is 5.02 Å². The maximum absolute atomic E-state index is 12.9. The van der Waals surface area contributed by atoms with Gasteiger partial charge in [0, 0.05) is 49.5 Å². The van der Waals surface area contributed by atoms with Crippen LogP contribution in [0.3, 0.4) is 0 Å². The molecule has 8 heteroatoms. The van der Waals surface area contributed by atoms with Crippen LogP contribution in [-0.2, 0) is 11.2 Å². The first kappa shape index (κ1) is 19.7. The van der Waals surface area contributed by atoms with Crippen molar-refractivity contribution < 1.29 is 9.72 Å². The maximum Gasteiger partial charge on any atom is 0.294 e. The highest BCUT2D eigenvalue weighted by atomic mass is 35.5. The summed E-state index contributed by atoms with van der Waals surface area (Å²) in [5.41, 5.74) is 2.86. The second kappa shape index (κ2) is 8.39. The van der Waals surface area contributed by atoms with E-state index in [1.807, 2.05) is 28.0 Å². The molecule has 0 unspecified atom stereocenters. The molecule has 1 amide bonds. The van der Waals surface area contributed by atoms with Gasteiger partial charge in [-0.2, -0.15) is 0 Å². The molecular formula is C21H23ClN4O3. The molecule has 4 rings (SSSR count). The van der Waals surface area contributed by atoms with Gasteiger partial charge in [-0.3, -0.25) is 19.8 Å². The van der Waals surface area contributed by atoms with E-state index in [0.29, 0.717) is 43.4 Å². The van der Waals surface area contributed by atoms with Crippen molar-refractivity contribution in [3.05, 3.63) is 63.2 Å². The molecule has 2 aliphatic heterocycles. The van der Waals surface area contributed by atoms with Gasteiger partial charge in [-0.15, -0.1) is 0 Å². The Kier molecular flexibility index (Phi) is 5.69. The zero-order valence-electron chi connectivity index (χ0n) is 16.1. The van der Waals surface area contributed by atoms with Crippen molar-refractivity contribution in [3.8, 4) is 0 Å². The van der Waals surface area contributed by atoms with Crippen LogP contribution in [0.5, 0.6) is 0 Å². The molecule has 0 aliphatic carbocycles. The lowest BCUT2D eigenvalue weighted by atomic mass is 10.0. The van der Waals surface area contributed by atoms with Crippen molar-refractivity contribution in [2.75, 3.05) is 49.1 Å². The summed E-state index contributed by atoms with van der Waals surface area (Å²) in [4.78, 5) is 29.9. The number of benzene rings is 2. The summed E-state index contributed by atoms with van der Waals surface area (Å²) >= 11 is 5.92. The molecule has 0 aromatic heterocycles. The van der Waals surface area contributed by atoms with Gasteiger partial charge < -0.3 is 9.80 Å². The van der Waals surface area contributed by atoms with Crippen LogP contribution in [0.25, 0.3) is 0 Å². The number of carbonyl (C=O) groups is 1. The zero-order chi connectivity index (χ0) is 20.4. The quantitative estimate of drug-likeness (QED) is 0.566. The van der Waals surface area contributed by atoms with Crippen LogP contribution in [0.15, 0.2) is 42.5 Å². The van der Waals surface area contributed by atoms with E-state index < -0.39 is 4.92 Å². The third kappa shape index (κ3) is 4.21. The largest absolute Gasteiger partial charge is 0.363 e. The fourth-order valence-electron chi connectivity index (χ4n) is 4.13. The Hall–Kier alpha value is -2.64. The Labute approximate surface area is 174 Å². The number of halogens is 1. The van der Waals surface area contributed by atoms with Crippen LogP contribution in [0, 0.1) is 10.1 Å². The molecule has 152 valence electrons. The summed E-state index contributed by atoms with van der Waals surface area (Å²) < 4.78 is 0. The van der Waals surface area contributed by atoms with Crippen molar-refractivity contribution in [2.24, 2.45) is 0 Å². The van der Waals surface area contributed by atoms with Crippen molar-refractivity contribution in [1.29, 1.82) is 0 Å². The molecule has 2 heterocycles. The number of amides is 1. The summed E-state index contributed by atoms with van der Waals surface area (Å²) in [5.74, 6) is 0.114. The standard InChI is InChI=1S/C21H23ClN4O3/c22-17-7-8-19(20(14-17)26(28)29)24-12-10-23(11-13-24)15-21(27)25-9-3-5-16-4-1-2-6-18(16)25/h1-2,4,6-8,14H,3,5,9-13,15H2. The van der Waals surface area contributed by atoms with E-state index in [-0.39, 0.29) is 11.6 Å². The monoisotopic (exact) mass is 414 g/mol. The van der Waals surface area contributed by atoms with Crippen LogP contribution in [-0.4, -0.2) is 55.0 Å². The van der Waals surface area contributed by atoms with Gasteiger partial charge in [0.2, 0.25) is 5.91 Å². The van der Waals surface area contributed by atoms with Gasteiger partial charge in [0.1, 0.15) is 5.69 Å². The van der Waals surface area contributed by atoms with Gasteiger partial charge in [0.15, 0.2) is 0 Å². The Morgan fingerprint density at radius 1 is 1.03 bits per heavy atom. The molecule has 0 atom stereocenters. The zero-order valence-corrected chi connectivity index (χ0v) is 16.8. The second-order valence-corrected chi connectivity index (χ2v) is 7.87. The number of anilines is 2. The highest BCUT2D eigenvalue weighted by Gasteiger charge is 2.27. The van der Waals surface area contributed by atoms with E-state index >= 15 is 0 Å². The lowest BCUT2D eigenvalue weighted by Gasteiger charge is -2.37. The molecule has 29 heavy (non-hydrogen) atoms. The van der Waals surface area contributed by atoms with Crippen LogP contribution in [0.4, 0.5) is 17.1 Å². The number of nitro groups is 1. The molecule has 2 aromatic carbocycles. The number of piperazine rings is 1. The molecule has 0 N–H and O–H groups in total. The topological polar surface area (TPSA) is 69.9 Å². The Bertz CT molecular complexity index is 928. The van der Waals surface area contributed by atoms with E-state index in [2.05, 4.69) is 11.0 Å². The Morgan fingerprint density at radius 2 is 1.79 bits per heavy atom. The number of fused-ring (bicyclic) bond motifs is 1. The lowest BCUT2D eigenvalue weighted by molar-refractivity contribution is -0.384. The van der Waals surface area contributed by atoms with Crippen LogP contribution in [0.1, 0.15) is 12.0 Å². The average molecular weight is 415 g/mol. The molecule has 1 saturated heterocycles. The predicted octanol–water partition coefficient (Wildman–Crippen LogP) is 3.35. The SMILES string of the molecule is O=C(CN1CCN(c2ccc(Cl)cc2[N+](=O)[O-])CC1)N1CCCc2ccccc21. The van der Waals surface area contributed by atoms with Crippen molar-refractivity contribution in [2.45, 2.75) is 12.8 Å². The minimum absolute atomic E-state index is 0.0203. The minimum atomic E-state index is -0.398. The smallest absolute Gasteiger partial charge is 0.294 e. The third-order valence-electron chi connectivity index (χ3n) is 5.62. The van der Waals surface area contributed by atoms with Gasteiger partial charge in [0.25, 0.3) is 5.69 Å². The number of nitro benzene ring substituents is 1. The molecule has 0 spiro atoms. The van der Waals surface area contributed by atoms with Crippen molar-refractivity contribution in [1.82, 2.24) is 4.90 Å². The Morgan fingerprint density at radius 3 is 2.55 bits per heavy atom. The van der Waals surface area contributed by atoms with Crippen LogP contribution >= 0.6 is 11.6 Å². The lowest BCUT2D eigenvalue weighted by Crippen LogP contribution is -2.50. The van der Waals surface area contributed by atoms with Crippen LogP contribution < -0.4 is 9.80 Å². The maximum atomic E-state index is 12.9.